The Kier molecular flexibility index (Phi) is 12.9. The molecular weight excluding hydrogens is 809 g/mol. The second-order valence-corrected chi connectivity index (χ2v) is 15.1. The molecule has 0 aliphatic carbocycles. The van der Waals surface area contributed by atoms with Gasteiger partial charge >= 0.3 is 12.2 Å². The number of H-pyrrole nitrogens is 2. The van der Waals surface area contributed by atoms with Crippen LogP contribution in [-0.4, -0.2) is 74.3 Å². The van der Waals surface area contributed by atoms with E-state index in [0.29, 0.717) is 65.1 Å². The van der Waals surface area contributed by atoms with Crippen molar-refractivity contribution in [3.05, 3.63) is 118 Å². The summed E-state index contributed by atoms with van der Waals surface area (Å²) in [6.07, 6.45) is 8.62. The number of nitrogens with two attached hydrogens (primary N) is 1. The molecule has 19 nitrogen and oxygen atoms in total. The normalized spacial score (nSPS) is 11.1. The smallest absolute Gasteiger partial charge is 0.312 e. The number of nitrogen functional groups attached to an aromatic ring is 1. The van der Waals surface area contributed by atoms with Gasteiger partial charge in [0.15, 0.2) is 39.9 Å². The Labute approximate surface area is 360 Å². The van der Waals surface area contributed by atoms with Gasteiger partial charge in [-0.25, -0.2) is 15.0 Å². The summed E-state index contributed by atoms with van der Waals surface area (Å²) in [5.74, 6) is 1.63. The summed E-state index contributed by atoms with van der Waals surface area (Å²) in [5, 5.41) is 9.49. The minimum atomic E-state index is -0.800. The number of hydrogen-bond acceptors (Lipinski definition) is 16. The Morgan fingerprint density at radius 3 is 1.51 bits per heavy atom. The van der Waals surface area contributed by atoms with E-state index in [2.05, 4.69) is 98.7 Å². The molecule has 0 amide bonds. The number of aromatic nitrogens is 15. The Hall–Kier alpha value is -7.84. The van der Waals surface area contributed by atoms with E-state index in [4.69, 9.17) is 5.73 Å². The molecule has 9 rings (SSSR count). The lowest BCUT2D eigenvalue weighted by Crippen LogP contribution is -2.07. The van der Waals surface area contributed by atoms with Crippen LogP contribution in [0.25, 0.3) is 33.5 Å². The summed E-state index contributed by atoms with van der Waals surface area (Å²) in [4.78, 5) is 54.4. The molecule has 9 aromatic rings. The van der Waals surface area contributed by atoms with Crippen LogP contribution < -0.4 is 21.7 Å². The van der Waals surface area contributed by atoms with Crippen molar-refractivity contribution in [1.82, 2.24) is 74.3 Å². The fraction of sp³-hybridized carbons (Fsp3) is 0.286. The van der Waals surface area contributed by atoms with Gasteiger partial charge in [0.25, 0.3) is 0 Å². The van der Waals surface area contributed by atoms with E-state index < -0.39 is 12.2 Å². The van der Waals surface area contributed by atoms with Crippen LogP contribution in [0.4, 0.5) is 32.2 Å². The van der Waals surface area contributed by atoms with Crippen molar-refractivity contribution in [3.63, 3.8) is 0 Å². The number of imidazole rings is 3. The molecule has 0 aliphatic rings. The number of nitrogens with one attached hydrogen (secondary N) is 5. The van der Waals surface area contributed by atoms with E-state index in [1.807, 2.05) is 77.6 Å². The predicted octanol–water partition coefficient (Wildman–Crippen LogP) is 6.85. The molecule has 0 radical (unpaired) electrons. The van der Waals surface area contributed by atoms with Crippen LogP contribution in [0, 0.1) is 53.7 Å². The fourth-order valence-electron chi connectivity index (χ4n) is 6.57. The molecule has 0 saturated carbocycles. The number of halogens is 2. The predicted molar refractivity (Wildman–Crippen MR) is 237 cm³/mol. The first kappa shape index (κ1) is 43.3. The third kappa shape index (κ3) is 10.4. The summed E-state index contributed by atoms with van der Waals surface area (Å²) in [6, 6.07) is 6.21. The minimum absolute atomic E-state index is 0.144. The van der Waals surface area contributed by atoms with Gasteiger partial charge < -0.3 is 36.2 Å². The van der Waals surface area contributed by atoms with Crippen molar-refractivity contribution in [2.45, 2.75) is 81.1 Å². The average molecular weight is 856 g/mol. The topological polar surface area (TPSA) is 253 Å². The van der Waals surface area contributed by atoms with Crippen molar-refractivity contribution >= 4 is 56.9 Å². The van der Waals surface area contributed by atoms with Gasteiger partial charge in [0.1, 0.15) is 11.0 Å². The molecule has 0 atom stereocenters. The van der Waals surface area contributed by atoms with E-state index >= 15 is 0 Å². The third-order valence-corrected chi connectivity index (χ3v) is 9.92. The zero-order chi connectivity index (χ0) is 44.8. The summed E-state index contributed by atoms with van der Waals surface area (Å²) in [6.45, 7) is 17.6. The average Bonchev–Trinajstić information content (AvgIpc) is 4.01. The van der Waals surface area contributed by atoms with Gasteiger partial charge in [-0.15, -0.1) is 0 Å². The van der Waals surface area contributed by atoms with E-state index in [9.17, 15) is 8.78 Å². The highest BCUT2D eigenvalue weighted by Gasteiger charge is 2.16. The van der Waals surface area contributed by atoms with E-state index in [1.165, 1.54) is 11.9 Å². The second kappa shape index (κ2) is 18.8. The van der Waals surface area contributed by atoms with Crippen molar-refractivity contribution in [2.75, 3.05) is 21.7 Å². The maximum Gasteiger partial charge on any atom is 0.312 e. The van der Waals surface area contributed by atoms with Crippen molar-refractivity contribution in [2.24, 2.45) is 0 Å². The van der Waals surface area contributed by atoms with Gasteiger partial charge in [-0.1, -0.05) is 0 Å². The molecule has 324 valence electrons. The highest BCUT2D eigenvalue weighted by atomic mass is 19.1. The fourth-order valence-corrected chi connectivity index (χ4v) is 6.57. The lowest BCUT2D eigenvalue weighted by molar-refractivity contribution is 0.537. The Balaban J connectivity index is 0.000000142. The summed E-state index contributed by atoms with van der Waals surface area (Å²) < 4.78 is 28.9. The van der Waals surface area contributed by atoms with Crippen LogP contribution in [0.1, 0.15) is 70.4 Å². The molecule has 21 heteroatoms. The standard InChI is InChI=1S/C16H19FN6.C13H13FN6.C13H15N7/c1-9(2)23-8-20-13-14(21-16(17)22-15(13)23)19-7-12-6-18-11(4)5-10(12)3;2*1-7-3-8(2)15-4-9(7)5-16-11-10-12(18-6-17-10)20-13(14)19-11/h5-6,8-9H,7H2,1-4H3,(H,19,21,22);3-4,6H,5H2,1-2H3,(H2,16,17,18,19,20);3-4,6H,5H2,1-2H3,(H4,14,16,17,18,19,20). The number of pyridine rings is 3. The number of rotatable bonds is 10. The highest BCUT2D eigenvalue weighted by Crippen LogP contribution is 2.23. The summed E-state index contributed by atoms with van der Waals surface area (Å²) >= 11 is 0. The van der Waals surface area contributed by atoms with Crippen LogP contribution in [0.15, 0.2) is 55.8 Å². The first-order chi connectivity index (χ1) is 30.2. The molecule has 0 aromatic carbocycles. The number of nitrogens with zero attached hydrogens (tertiary/aromatic N) is 13. The third-order valence-electron chi connectivity index (χ3n) is 9.92. The number of hydrogen-bond donors (Lipinski definition) is 6. The maximum absolute atomic E-state index is 13.8. The molecule has 0 bridgehead atoms. The molecule has 63 heavy (non-hydrogen) atoms. The maximum atomic E-state index is 13.8. The van der Waals surface area contributed by atoms with Crippen LogP contribution in [0.3, 0.4) is 0 Å². The zero-order valence-corrected chi connectivity index (χ0v) is 36.0. The lowest BCUT2D eigenvalue weighted by Gasteiger charge is -2.10. The van der Waals surface area contributed by atoms with Gasteiger partial charge in [-0.2, -0.15) is 38.7 Å². The highest BCUT2D eigenvalue weighted by molar-refractivity contribution is 5.84. The number of aromatic amines is 2. The SMILES string of the molecule is Cc1cc(C)c(CNc2nc(F)nc3c2ncn3C(C)C)cn1.Cc1cc(C)c(CNc2nc(F)nc3nc[nH]c23)cn1.Cc1cc(C)c(CNc2nc(N)nc3nc[nH]c23)cn1. The van der Waals surface area contributed by atoms with E-state index in [0.717, 1.165) is 50.4 Å². The molecule has 0 fully saturated rings. The van der Waals surface area contributed by atoms with Gasteiger partial charge in [0.05, 0.1) is 19.0 Å². The van der Waals surface area contributed by atoms with E-state index in [1.54, 1.807) is 18.9 Å². The first-order valence-electron chi connectivity index (χ1n) is 19.9. The van der Waals surface area contributed by atoms with Gasteiger partial charge in [-0.3, -0.25) is 15.0 Å². The minimum Gasteiger partial charge on any atom is -0.368 e. The number of aryl methyl sites for hydroxylation is 6. The van der Waals surface area contributed by atoms with Gasteiger partial charge in [0.2, 0.25) is 5.95 Å². The quantitative estimate of drug-likeness (QED) is 0.0770. The van der Waals surface area contributed by atoms with Crippen molar-refractivity contribution < 1.29 is 8.78 Å². The van der Waals surface area contributed by atoms with Crippen molar-refractivity contribution in [1.29, 1.82) is 0 Å². The monoisotopic (exact) mass is 855 g/mol. The molecule has 9 aromatic heterocycles. The van der Waals surface area contributed by atoms with E-state index in [-0.39, 0.29) is 12.0 Å². The Morgan fingerprint density at radius 1 is 0.571 bits per heavy atom. The lowest BCUT2D eigenvalue weighted by atomic mass is 10.1. The molecule has 0 unspecified atom stereocenters. The first-order valence-corrected chi connectivity index (χ1v) is 19.9. The largest absolute Gasteiger partial charge is 0.368 e. The zero-order valence-electron chi connectivity index (χ0n) is 36.0. The summed E-state index contributed by atoms with van der Waals surface area (Å²) in [7, 11) is 0. The molecule has 0 aliphatic heterocycles. The number of fused-ring (bicyclic) bond motifs is 3. The second-order valence-electron chi connectivity index (χ2n) is 15.1. The number of anilines is 4. The van der Waals surface area contributed by atoms with Crippen molar-refractivity contribution in [3.8, 4) is 0 Å². The molecule has 9 heterocycles. The Bertz CT molecular complexity index is 2900. The molecule has 0 saturated heterocycles. The van der Waals surface area contributed by atoms with Crippen LogP contribution in [0.5, 0.6) is 0 Å². The molecule has 0 spiro atoms. The summed E-state index contributed by atoms with van der Waals surface area (Å²) in [5.41, 5.74) is 18.5. The molecule has 7 N–H and O–H groups in total. The molecular formula is C42H47F2N19. The van der Waals surface area contributed by atoms with Crippen LogP contribution >= 0.6 is 0 Å². The Morgan fingerprint density at radius 2 is 1.02 bits per heavy atom. The van der Waals surface area contributed by atoms with Gasteiger partial charge in [0, 0.05) is 61.3 Å². The van der Waals surface area contributed by atoms with Gasteiger partial charge in [-0.05, 0) is 107 Å². The van der Waals surface area contributed by atoms with Crippen LogP contribution in [-0.2, 0) is 19.6 Å². The van der Waals surface area contributed by atoms with Crippen LogP contribution in [0.2, 0.25) is 0 Å².